The van der Waals surface area contributed by atoms with Crippen LogP contribution in [0.5, 0.6) is 0 Å². The molecule has 0 radical (unpaired) electrons. The van der Waals surface area contributed by atoms with E-state index in [9.17, 15) is 13.2 Å². The summed E-state index contributed by atoms with van der Waals surface area (Å²) in [5.41, 5.74) is 2.83. The maximum absolute atomic E-state index is 12.6. The van der Waals surface area contributed by atoms with Crippen LogP contribution in [-0.2, 0) is 23.1 Å². The van der Waals surface area contributed by atoms with Crippen LogP contribution in [0.15, 0.2) is 77.7 Å². The van der Waals surface area contributed by atoms with Crippen LogP contribution in [0.25, 0.3) is 0 Å². The van der Waals surface area contributed by atoms with Crippen molar-refractivity contribution < 1.29 is 13.2 Å². The number of hydrogen-bond acceptors (Lipinski definition) is 4. The number of rotatable bonds is 8. The van der Waals surface area contributed by atoms with Crippen LogP contribution in [0.3, 0.4) is 0 Å². The van der Waals surface area contributed by atoms with Gasteiger partial charge in [-0.05, 0) is 67.4 Å². The summed E-state index contributed by atoms with van der Waals surface area (Å²) in [5.74, 6) is -0.321. The number of amides is 1. The topological polar surface area (TPSA) is 78.5 Å². The minimum Gasteiger partial charge on any atom is -0.348 e. The SMILES string of the molecule is O=C(NCc1ccc(CN2CCCC2)cc1)c1ccc(NS(=O)(=O)c2ccccc2)cc1Cl. The number of nitrogens with zero attached hydrogens (tertiary/aromatic N) is 1. The molecule has 33 heavy (non-hydrogen) atoms. The molecule has 2 N–H and O–H groups in total. The summed E-state index contributed by atoms with van der Waals surface area (Å²) in [7, 11) is -3.73. The number of hydrogen-bond donors (Lipinski definition) is 2. The number of sulfonamides is 1. The molecule has 8 heteroatoms. The molecular weight excluding hydrogens is 458 g/mol. The Balaban J connectivity index is 1.34. The monoisotopic (exact) mass is 483 g/mol. The van der Waals surface area contributed by atoms with Gasteiger partial charge in [-0.1, -0.05) is 54.1 Å². The van der Waals surface area contributed by atoms with Gasteiger partial charge in [-0.25, -0.2) is 8.42 Å². The molecule has 0 saturated carbocycles. The minimum atomic E-state index is -3.73. The molecular formula is C25H26ClN3O3S. The first-order valence-electron chi connectivity index (χ1n) is 10.9. The number of carbonyl (C=O) groups is 1. The Morgan fingerprint density at radius 2 is 1.58 bits per heavy atom. The van der Waals surface area contributed by atoms with Gasteiger partial charge in [0, 0.05) is 13.1 Å². The highest BCUT2D eigenvalue weighted by Gasteiger charge is 2.16. The van der Waals surface area contributed by atoms with Gasteiger partial charge >= 0.3 is 0 Å². The molecule has 1 heterocycles. The first kappa shape index (κ1) is 23.3. The Hall–Kier alpha value is -2.87. The Labute approximate surface area is 199 Å². The van der Waals surface area contributed by atoms with E-state index >= 15 is 0 Å². The molecule has 1 aliphatic heterocycles. The van der Waals surface area contributed by atoms with Crippen molar-refractivity contribution in [1.29, 1.82) is 0 Å². The molecule has 0 aliphatic carbocycles. The molecule has 172 valence electrons. The minimum absolute atomic E-state index is 0.148. The highest BCUT2D eigenvalue weighted by molar-refractivity contribution is 7.92. The van der Waals surface area contributed by atoms with E-state index in [1.54, 1.807) is 18.2 Å². The van der Waals surface area contributed by atoms with Gasteiger partial charge in [-0.2, -0.15) is 0 Å². The molecule has 1 saturated heterocycles. The van der Waals surface area contributed by atoms with Gasteiger partial charge in [0.25, 0.3) is 15.9 Å². The van der Waals surface area contributed by atoms with Gasteiger partial charge in [0.15, 0.2) is 0 Å². The molecule has 0 atom stereocenters. The maximum atomic E-state index is 12.6. The van der Waals surface area contributed by atoms with Crippen molar-refractivity contribution in [1.82, 2.24) is 10.2 Å². The second kappa shape index (κ2) is 10.4. The Morgan fingerprint density at radius 1 is 0.909 bits per heavy atom. The van der Waals surface area contributed by atoms with Gasteiger partial charge in [0.05, 0.1) is 21.2 Å². The van der Waals surface area contributed by atoms with E-state index in [1.807, 2.05) is 12.1 Å². The van der Waals surface area contributed by atoms with Crippen LogP contribution in [0.1, 0.15) is 34.3 Å². The Kier molecular flexibility index (Phi) is 7.33. The molecule has 0 spiro atoms. The van der Waals surface area contributed by atoms with Crippen molar-refractivity contribution in [3.05, 3.63) is 94.5 Å². The van der Waals surface area contributed by atoms with E-state index in [1.165, 1.54) is 48.7 Å². The molecule has 0 unspecified atom stereocenters. The lowest BCUT2D eigenvalue weighted by Gasteiger charge is -2.15. The summed E-state index contributed by atoms with van der Waals surface area (Å²) in [5, 5.41) is 3.04. The lowest BCUT2D eigenvalue weighted by molar-refractivity contribution is 0.0951. The maximum Gasteiger partial charge on any atom is 0.261 e. The summed E-state index contributed by atoms with van der Waals surface area (Å²) in [6.07, 6.45) is 2.54. The first-order valence-corrected chi connectivity index (χ1v) is 12.7. The first-order chi connectivity index (χ1) is 15.9. The molecule has 1 aliphatic rings. The van der Waals surface area contributed by atoms with E-state index in [0.29, 0.717) is 6.54 Å². The van der Waals surface area contributed by atoms with Gasteiger partial charge in [0.1, 0.15) is 0 Å². The number of carbonyl (C=O) groups excluding carboxylic acids is 1. The zero-order valence-corrected chi connectivity index (χ0v) is 19.7. The predicted molar refractivity (Wildman–Crippen MR) is 131 cm³/mol. The molecule has 6 nitrogen and oxygen atoms in total. The zero-order valence-electron chi connectivity index (χ0n) is 18.1. The van der Waals surface area contributed by atoms with E-state index < -0.39 is 10.0 Å². The quantitative estimate of drug-likeness (QED) is 0.488. The number of nitrogens with one attached hydrogen (secondary N) is 2. The normalized spacial score (nSPS) is 14.2. The average Bonchev–Trinajstić information content (AvgIpc) is 3.32. The van der Waals surface area contributed by atoms with Crippen molar-refractivity contribution in [2.75, 3.05) is 17.8 Å². The lowest BCUT2D eigenvalue weighted by Crippen LogP contribution is -2.23. The summed E-state index contributed by atoms with van der Waals surface area (Å²) >= 11 is 6.28. The summed E-state index contributed by atoms with van der Waals surface area (Å²) in [6, 6.07) is 20.8. The fraction of sp³-hybridized carbons (Fsp3) is 0.240. The molecule has 3 aromatic rings. The van der Waals surface area contributed by atoms with Gasteiger partial charge in [-0.3, -0.25) is 14.4 Å². The predicted octanol–water partition coefficient (Wildman–Crippen LogP) is 4.67. The Morgan fingerprint density at radius 3 is 2.24 bits per heavy atom. The van der Waals surface area contributed by atoms with Crippen molar-refractivity contribution in [2.24, 2.45) is 0 Å². The molecule has 4 rings (SSSR count). The van der Waals surface area contributed by atoms with Crippen molar-refractivity contribution in [3.8, 4) is 0 Å². The number of benzene rings is 3. The molecule has 1 amide bonds. The average molecular weight is 484 g/mol. The van der Waals surface area contributed by atoms with Gasteiger partial charge < -0.3 is 5.32 Å². The standard InChI is InChI=1S/C25H26ClN3O3S/c26-24-16-21(28-33(31,32)22-6-2-1-3-7-22)12-13-23(24)25(30)27-17-19-8-10-20(11-9-19)18-29-14-4-5-15-29/h1-3,6-13,16,28H,4-5,14-15,17-18H2,(H,27,30). The van der Waals surface area contributed by atoms with E-state index in [-0.39, 0.29) is 27.1 Å². The smallest absolute Gasteiger partial charge is 0.261 e. The molecule has 0 aromatic heterocycles. The highest BCUT2D eigenvalue weighted by atomic mass is 35.5. The van der Waals surface area contributed by atoms with Crippen LogP contribution < -0.4 is 10.0 Å². The van der Waals surface area contributed by atoms with Gasteiger partial charge in [0.2, 0.25) is 0 Å². The van der Waals surface area contributed by atoms with Crippen molar-refractivity contribution >= 4 is 33.2 Å². The number of halogens is 1. The van der Waals surface area contributed by atoms with E-state index in [4.69, 9.17) is 11.6 Å². The van der Waals surface area contributed by atoms with E-state index in [0.717, 1.165) is 25.2 Å². The third kappa shape index (κ3) is 6.13. The third-order valence-corrected chi connectivity index (χ3v) is 7.31. The highest BCUT2D eigenvalue weighted by Crippen LogP contribution is 2.23. The summed E-state index contributed by atoms with van der Waals surface area (Å²) in [6.45, 7) is 3.65. The second-order valence-corrected chi connectivity index (χ2v) is 10.2. The molecule has 3 aromatic carbocycles. The molecule has 1 fully saturated rings. The zero-order chi connectivity index (χ0) is 23.3. The molecule has 0 bridgehead atoms. The van der Waals surface area contributed by atoms with Crippen LogP contribution in [-0.4, -0.2) is 32.3 Å². The lowest BCUT2D eigenvalue weighted by atomic mass is 10.1. The van der Waals surface area contributed by atoms with Crippen LogP contribution in [0, 0.1) is 0 Å². The van der Waals surface area contributed by atoms with Crippen LogP contribution in [0.2, 0.25) is 5.02 Å². The second-order valence-electron chi connectivity index (χ2n) is 8.10. The van der Waals surface area contributed by atoms with Crippen LogP contribution in [0.4, 0.5) is 5.69 Å². The number of likely N-dealkylation sites (tertiary alicyclic amines) is 1. The van der Waals surface area contributed by atoms with E-state index in [2.05, 4.69) is 27.1 Å². The number of anilines is 1. The summed E-state index contributed by atoms with van der Waals surface area (Å²) < 4.78 is 27.4. The fourth-order valence-corrected chi connectivity index (χ4v) is 5.15. The fourth-order valence-electron chi connectivity index (χ4n) is 3.82. The van der Waals surface area contributed by atoms with Gasteiger partial charge in [-0.15, -0.1) is 0 Å². The van der Waals surface area contributed by atoms with Crippen molar-refractivity contribution in [2.45, 2.75) is 30.8 Å². The van der Waals surface area contributed by atoms with Crippen molar-refractivity contribution in [3.63, 3.8) is 0 Å². The van der Waals surface area contributed by atoms with Crippen LogP contribution >= 0.6 is 11.6 Å². The summed E-state index contributed by atoms with van der Waals surface area (Å²) in [4.78, 5) is 15.2. The Bertz CT molecular complexity index is 1210. The third-order valence-electron chi connectivity index (χ3n) is 5.60. The largest absolute Gasteiger partial charge is 0.348 e.